The standard InChI is InChI=1S/C15H16N4OS/c1-10(2)15-18-12-5-4-11(8-13(12)21-15)17-14(20)9-19-7-3-6-16-19/h3-8,10H,9H2,1-2H3,(H,17,20). The minimum Gasteiger partial charge on any atom is -0.324 e. The van der Waals surface area contributed by atoms with Gasteiger partial charge < -0.3 is 5.32 Å². The third-order valence-electron chi connectivity index (χ3n) is 3.05. The molecule has 1 amide bonds. The number of amides is 1. The average molecular weight is 300 g/mol. The van der Waals surface area contributed by atoms with Crippen LogP contribution in [0.3, 0.4) is 0 Å². The van der Waals surface area contributed by atoms with Crippen LogP contribution in [-0.2, 0) is 11.3 Å². The Morgan fingerprint density at radius 3 is 3.00 bits per heavy atom. The van der Waals surface area contributed by atoms with Gasteiger partial charge >= 0.3 is 0 Å². The summed E-state index contributed by atoms with van der Waals surface area (Å²) >= 11 is 1.67. The minimum absolute atomic E-state index is 0.0911. The molecule has 0 radical (unpaired) electrons. The van der Waals surface area contributed by atoms with Crippen molar-refractivity contribution in [2.75, 3.05) is 5.32 Å². The van der Waals surface area contributed by atoms with E-state index in [1.165, 1.54) is 0 Å². The Bertz CT molecular complexity index is 761. The lowest BCUT2D eigenvalue weighted by Gasteiger charge is -2.05. The van der Waals surface area contributed by atoms with Crippen LogP contribution >= 0.6 is 11.3 Å². The van der Waals surface area contributed by atoms with Crippen molar-refractivity contribution in [3.05, 3.63) is 41.7 Å². The van der Waals surface area contributed by atoms with E-state index in [9.17, 15) is 4.79 Å². The summed E-state index contributed by atoms with van der Waals surface area (Å²) in [6.45, 7) is 4.47. The number of aromatic nitrogens is 3. The molecule has 3 rings (SSSR count). The number of thiazole rings is 1. The number of carbonyl (C=O) groups excluding carboxylic acids is 1. The number of nitrogens with zero attached hydrogens (tertiary/aromatic N) is 3. The summed E-state index contributed by atoms with van der Waals surface area (Å²) in [5.41, 5.74) is 1.77. The van der Waals surface area contributed by atoms with Gasteiger partial charge in [0.15, 0.2) is 0 Å². The van der Waals surface area contributed by atoms with Crippen LogP contribution in [0.5, 0.6) is 0 Å². The highest BCUT2D eigenvalue weighted by Gasteiger charge is 2.09. The summed E-state index contributed by atoms with van der Waals surface area (Å²) in [5.74, 6) is 0.326. The molecule has 0 aliphatic heterocycles. The van der Waals surface area contributed by atoms with Gasteiger partial charge in [-0.3, -0.25) is 9.48 Å². The molecule has 0 spiro atoms. The van der Waals surface area contributed by atoms with Crippen LogP contribution in [0.15, 0.2) is 36.7 Å². The topological polar surface area (TPSA) is 59.8 Å². The van der Waals surface area contributed by atoms with E-state index in [1.54, 1.807) is 34.5 Å². The fourth-order valence-corrected chi connectivity index (χ4v) is 3.02. The third-order valence-corrected chi connectivity index (χ3v) is 4.37. The van der Waals surface area contributed by atoms with Gasteiger partial charge in [-0.15, -0.1) is 11.3 Å². The number of carbonyl (C=O) groups is 1. The molecule has 3 aromatic rings. The maximum absolute atomic E-state index is 11.9. The molecule has 2 aromatic heterocycles. The van der Waals surface area contributed by atoms with Crippen molar-refractivity contribution in [2.24, 2.45) is 0 Å². The van der Waals surface area contributed by atoms with Crippen molar-refractivity contribution in [1.82, 2.24) is 14.8 Å². The quantitative estimate of drug-likeness (QED) is 0.804. The lowest BCUT2D eigenvalue weighted by molar-refractivity contribution is -0.116. The third kappa shape index (κ3) is 3.11. The highest BCUT2D eigenvalue weighted by atomic mass is 32.1. The Balaban J connectivity index is 1.76. The number of benzene rings is 1. The van der Waals surface area contributed by atoms with E-state index < -0.39 is 0 Å². The summed E-state index contributed by atoms with van der Waals surface area (Å²) in [5, 5.41) is 8.02. The summed E-state index contributed by atoms with van der Waals surface area (Å²) in [4.78, 5) is 16.5. The van der Waals surface area contributed by atoms with Gasteiger partial charge in [0, 0.05) is 24.0 Å². The molecule has 0 bridgehead atoms. The van der Waals surface area contributed by atoms with E-state index in [0.717, 1.165) is 20.9 Å². The van der Waals surface area contributed by atoms with Crippen LogP contribution < -0.4 is 5.32 Å². The van der Waals surface area contributed by atoms with E-state index >= 15 is 0 Å². The van der Waals surface area contributed by atoms with Crippen molar-refractivity contribution in [1.29, 1.82) is 0 Å². The molecule has 6 heteroatoms. The lowest BCUT2D eigenvalue weighted by Crippen LogP contribution is -2.18. The molecule has 0 aliphatic carbocycles. The van der Waals surface area contributed by atoms with E-state index in [0.29, 0.717) is 5.92 Å². The summed E-state index contributed by atoms with van der Waals surface area (Å²) < 4.78 is 2.69. The van der Waals surface area contributed by atoms with Crippen LogP contribution in [0.2, 0.25) is 0 Å². The first-order chi connectivity index (χ1) is 10.1. The van der Waals surface area contributed by atoms with Gasteiger partial charge in [0.25, 0.3) is 0 Å². The zero-order valence-electron chi connectivity index (χ0n) is 11.9. The largest absolute Gasteiger partial charge is 0.324 e. The molecule has 21 heavy (non-hydrogen) atoms. The second kappa shape index (κ2) is 5.65. The molecular weight excluding hydrogens is 284 g/mol. The van der Waals surface area contributed by atoms with E-state index in [2.05, 4.69) is 29.2 Å². The number of hydrogen-bond acceptors (Lipinski definition) is 4. The van der Waals surface area contributed by atoms with E-state index in [1.807, 2.05) is 18.2 Å². The van der Waals surface area contributed by atoms with Crippen LogP contribution in [0.25, 0.3) is 10.2 Å². The van der Waals surface area contributed by atoms with Gasteiger partial charge in [-0.25, -0.2) is 4.98 Å². The Morgan fingerprint density at radius 1 is 1.43 bits per heavy atom. The Hall–Kier alpha value is -2.21. The zero-order chi connectivity index (χ0) is 14.8. The molecule has 0 saturated carbocycles. The zero-order valence-corrected chi connectivity index (χ0v) is 12.7. The van der Waals surface area contributed by atoms with Crippen LogP contribution in [0.4, 0.5) is 5.69 Å². The molecule has 0 unspecified atom stereocenters. The maximum atomic E-state index is 11.9. The number of hydrogen-bond donors (Lipinski definition) is 1. The molecule has 1 aromatic carbocycles. The Labute approximate surface area is 126 Å². The van der Waals surface area contributed by atoms with Gasteiger partial charge in [-0.05, 0) is 24.3 Å². The number of nitrogens with one attached hydrogen (secondary N) is 1. The fourth-order valence-electron chi connectivity index (χ4n) is 2.01. The lowest BCUT2D eigenvalue weighted by atomic mass is 10.2. The molecule has 0 fully saturated rings. The highest BCUT2D eigenvalue weighted by Crippen LogP contribution is 2.29. The fraction of sp³-hybridized carbons (Fsp3) is 0.267. The second-order valence-corrected chi connectivity index (χ2v) is 6.20. The average Bonchev–Trinajstić information content (AvgIpc) is 3.06. The van der Waals surface area contributed by atoms with Crippen molar-refractivity contribution >= 4 is 33.1 Å². The molecule has 0 atom stereocenters. The van der Waals surface area contributed by atoms with Crippen molar-refractivity contribution in [2.45, 2.75) is 26.3 Å². The first-order valence-electron chi connectivity index (χ1n) is 6.79. The number of fused-ring (bicyclic) bond motifs is 1. The molecule has 2 heterocycles. The normalized spacial score (nSPS) is 11.2. The monoisotopic (exact) mass is 300 g/mol. The van der Waals surface area contributed by atoms with E-state index in [4.69, 9.17) is 0 Å². The number of rotatable bonds is 4. The molecule has 5 nitrogen and oxygen atoms in total. The van der Waals surface area contributed by atoms with Crippen LogP contribution in [0.1, 0.15) is 24.8 Å². The number of anilines is 1. The summed E-state index contributed by atoms with van der Waals surface area (Å²) in [6.07, 6.45) is 3.42. The van der Waals surface area contributed by atoms with Crippen molar-refractivity contribution in [3.8, 4) is 0 Å². The molecule has 1 N–H and O–H groups in total. The smallest absolute Gasteiger partial charge is 0.246 e. The first kappa shape index (κ1) is 13.8. The van der Waals surface area contributed by atoms with Gasteiger partial charge in [-0.2, -0.15) is 5.10 Å². The van der Waals surface area contributed by atoms with Gasteiger partial charge in [-0.1, -0.05) is 13.8 Å². The van der Waals surface area contributed by atoms with E-state index in [-0.39, 0.29) is 12.5 Å². The maximum Gasteiger partial charge on any atom is 0.246 e. The van der Waals surface area contributed by atoms with Gasteiger partial charge in [0.2, 0.25) is 5.91 Å². The molecule has 0 aliphatic rings. The van der Waals surface area contributed by atoms with Crippen molar-refractivity contribution in [3.63, 3.8) is 0 Å². The first-order valence-corrected chi connectivity index (χ1v) is 7.61. The predicted molar refractivity (Wildman–Crippen MR) is 84.6 cm³/mol. The molecule has 0 saturated heterocycles. The summed E-state index contributed by atoms with van der Waals surface area (Å²) in [7, 11) is 0. The predicted octanol–water partition coefficient (Wildman–Crippen LogP) is 3.25. The van der Waals surface area contributed by atoms with Gasteiger partial charge in [0.1, 0.15) is 6.54 Å². The highest BCUT2D eigenvalue weighted by molar-refractivity contribution is 7.18. The van der Waals surface area contributed by atoms with Gasteiger partial charge in [0.05, 0.1) is 15.2 Å². The molecule has 108 valence electrons. The Kier molecular flexibility index (Phi) is 3.70. The van der Waals surface area contributed by atoms with Crippen molar-refractivity contribution < 1.29 is 4.79 Å². The van der Waals surface area contributed by atoms with Crippen LogP contribution in [-0.4, -0.2) is 20.7 Å². The van der Waals surface area contributed by atoms with Crippen LogP contribution in [0, 0.1) is 0 Å². The second-order valence-electron chi connectivity index (χ2n) is 5.14. The summed E-state index contributed by atoms with van der Waals surface area (Å²) in [6, 6.07) is 7.60. The SMILES string of the molecule is CC(C)c1nc2ccc(NC(=O)Cn3cccn3)cc2s1. The minimum atomic E-state index is -0.0911. The Morgan fingerprint density at radius 2 is 2.29 bits per heavy atom. The molecular formula is C15H16N4OS.